The first kappa shape index (κ1) is 18.5. The molecule has 26 heavy (non-hydrogen) atoms. The Morgan fingerprint density at radius 3 is 2.96 bits per heavy atom. The second kappa shape index (κ2) is 7.96. The van der Waals surface area contributed by atoms with Gasteiger partial charge < -0.3 is 9.47 Å². The van der Waals surface area contributed by atoms with Gasteiger partial charge in [0.25, 0.3) is 5.91 Å². The van der Waals surface area contributed by atoms with Gasteiger partial charge in [0.1, 0.15) is 0 Å². The Morgan fingerprint density at radius 1 is 1.46 bits per heavy atom. The minimum atomic E-state index is -3.06. The number of aromatic nitrogens is 1. The van der Waals surface area contributed by atoms with E-state index < -0.39 is 12.5 Å². The quantitative estimate of drug-likeness (QED) is 0.829. The average Bonchev–Trinajstić information content (AvgIpc) is 3.02. The van der Waals surface area contributed by atoms with Crippen LogP contribution in [0, 0.1) is 0 Å². The van der Waals surface area contributed by atoms with Gasteiger partial charge in [-0.25, -0.2) is 4.98 Å². The molecule has 0 unspecified atom stereocenters. The number of hydrogen-bond donors (Lipinski definition) is 1. The minimum Gasteiger partial charge on any atom is -0.493 e. The van der Waals surface area contributed by atoms with Crippen LogP contribution >= 0.6 is 11.3 Å². The molecule has 6 nitrogen and oxygen atoms in total. The highest BCUT2D eigenvalue weighted by Crippen LogP contribution is 2.34. The predicted octanol–water partition coefficient (Wildman–Crippen LogP) is 3.38. The average molecular weight is 383 g/mol. The third kappa shape index (κ3) is 3.94. The maximum atomic E-state index is 12.7. The van der Waals surface area contributed by atoms with E-state index in [9.17, 15) is 13.6 Å². The van der Waals surface area contributed by atoms with Crippen molar-refractivity contribution in [3.8, 4) is 11.5 Å². The standard InChI is InChI=1S/C17H19F2N3O3S/c1-3-22-8-7-11-13(9-22)26-17(20-11)21-15(23)10-5-4-6-12(24-2)14(10)25-16(18)19/h4-6,16H,3,7-9H2,1-2H3,(H,20,21,23). The van der Waals surface area contributed by atoms with E-state index in [1.54, 1.807) is 0 Å². The molecular weight excluding hydrogens is 364 g/mol. The fourth-order valence-corrected chi connectivity index (χ4v) is 3.85. The summed E-state index contributed by atoms with van der Waals surface area (Å²) in [7, 11) is 1.32. The lowest BCUT2D eigenvalue weighted by atomic mass is 10.1. The number of benzene rings is 1. The molecule has 1 aliphatic heterocycles. The Hall–Kier alpha value is -2.26. The van der Waals surface area contributed by atoms with Crippen molar-refractivity contribution in [1.29, 1.82) is 0 Å². The van der Waals surface area contributed by atoms with E-state index in [4.69, 9.17) is 4.74 Å². The molecule has 0 atom stereocenters. The molecule has 0 aliphatic carbocycles. The monoisotopic (exact) mass is 383 g/mol. The van der Waals surface area contributed by atoms with Crippen molar-refractivity contribution >= 4 is 22.4 Å². The van der Waals surface area contributed by atoms with Gasteiger partial charge in [0, 0.05) is 24.4 Å². The molecule has 0 spiro atoms. The number of ether oxygens (including phenoxy) is 2. The molecule has 1 aromatic carbocycles. The number of halogens is 2. The summed E-state index contributed by atoms with van der Waals surface area (Å²) >= 11 is 1.40. The molecule has 9 heteroatoms. The molecule has 3 rings (SSSR count). The van der Waals surface area contributed by atoms with Crippen LogP contribution in [0.15, 0.2) is 18.2 Å². The maximum absolute atomic E-state index is 12.7. The SMILES string of the molecule is CCN1CCc2nc(NC(=O)c3cccc(OC)c3OC(F)F)sc2C1. The second-order valence-electron chi connectivity index (χ2n) is 5.68. The fraction of sp³-hybridized carbons (Fsp3) is 0.412. The molecule has 140 valence electrons. The van der Waals surface area contributed by atoms with Crippen LogP contribution in [-0.2, 0) is 13.0 Å². The van der Waals surface area contributed by atoms with Gasteiger partial charge in [0.05, 0.1) is 18.4 Å². The van der Waals surface area contributed by atoms with E-state index in [1.165, 1.54) is 36.6 Å². The summed E-state index contributed by atoms with van der Waals surface area (Å²) in [6.07, 6.45) is 0.828. The lowest BCUT2D eigenvalue weighted by Gasteiger charge is -2.23. The van der Waals surface area contributed by atoms with Crippen molar-refractivity contribution in [2.24, 2.45) is 0 Å². The zero-order valence-corrected chi connectivity index (χ0v) is 15.2. The van der Waals surface area contributed by atoms with Crippen molar-refractivity contribution in [2.75, 3.05) is 25.5 Å². The van der Waals surface area contributed by atoms with Crippen molar-refractivity contribution in [2.45, 2.75) is 26.5 Å². The zero-order valence-electron chi connectivity index (χ0n) is 14.4. The molecule has 0 saturated carbocycles. The van der Waals surface area contributed by atoms with Gasteiger partial charge >= 0.3 is 6.61 Å². The molecule has 0 bridgehead atoms. The summed E-state index contributed by atoms with van der Waals surface area (Å²) in [5.41, 5.74) is 0.942. The number of hydrogen-bond acceptors (Lipinski definition) is 6. The van der Waals surface area contributed by atoms with Crippen LogP contribution in [0.1, 0.15) is 27.9 Å². The van der Waals surface area contributed by atoms with Gasteiger partial charge in [0.15, 0.2) is 16.6 Å². The number of rotatable bonds is 6. The van der Waals surface area contributed by atoms with Crippen LogP contribution in [0.25, 0.3) is 0 Å². The number of likely N-dealkylation sites (N-methyl/N-ethyl adjacent to an activating group) is 1. The predicted molar refractivity (Wildman–Crippen MR) is 94.3 cm³/mol. The van der Waals surface area contributed by atoms with E-state index in [1.807, 2.05) is 0 Å². The Balaban J connectivity index is 1.82. The highest BCUT2D eigenvalue weighted by molar-refractivity contribution is 7.15. The number of alkyl halides is 2. The Kier molecular flexibility index (Phi) is 5.67. The zero-order chi connectivity index (χ0) is 18.7. The molecular formula is C17H19F2N3O3S. The number of methoxy groups -OCH3 is 1. The van der Waals surface area contributed by atoms with Crippen LogP contribution in [0.3, 0.4) is 0 Å². The van der Waals surface area contributed by atoms with E-state index >= 15 is 0 Å². The summed E-state index contributed by atoms with van der Waals surface area (Å²) in [4.78, 5) is 20.4. The lowest BCUT2D eigenvalue weighted by Crippen LogP contribution is -2.29. The molecule has 0 radical (unpaired) electrons. The van der Waals surface area contributed by atoms with Gasteiger partial charge in [-0.15, -0.1) is 11.3 Å². The van der Waals surface area contributed by atoms with Crippen LogP contribution in [0.4, 0.5) is 13.9 Å². The van der Waals surface area contributed by atoms with Crippen LogP contribution in [0.2, 0.25) is 0 Å². The largest absolute Gasteiger partial charge is 0.493 e. The van der Waals surface area contributed by atoms with Gasteiger partial charge in [0.2, 0.25) is 0 Å². The number of fused-ring (bicyclic) bond motifs is 1. The number of nitrogens with zero attached hydrogens (tertiary/aromatic N) is 2. The number of nitrogens with one attached hydrogen (secondary N) is 1. The van der Waals surface area contributed by atoms with Crippen LogP contribution in [-0.4, -0.2) is 42.6 Å². The number of thiazole rings is 1. The van der Waals surface area contributed by atoms with Crippen LogP contribution in [0.5, 0.6) is 11.5 Å². The topological polar surface area (TPSA) is 63.7 Å². The van der Waals surface area contributed by atoms with Crippen molar-refractivity contribution in [1.82, 2.24) is 9.88 Å². The Bertz CT molecular complexity index is 798. The number of carbonyl (C=O) groups excluding carboxylic acids is 1. The summed E-state index contributed by atoms with van der Waals surface area (Å²) < 4.78 is 34.9. The van der Waals surface area contributed by atoms with Crippen LogP contribution < -0.4 is 14.8 Å². The van der Waals surface area contributed by atoms with E-state index in [-0.39, 0.29) is 17.1 Å². The smallest absolute Gasteiger partial charge is 0.387 e. The molecule has 2 heterocycles. The summed E-state index contributed by atoms with van der Waals surface area (Å²) in [6.45, 7) is 1.73. The number of para-hydroxylation sites is 1. The minimum absolute atomic E-state index is 0.0343. The fourth-order valence-electron chi connectivity index (χ4n) is 2.80. The first-order valence-corrected chi connectivity index (χ1v) is 8.97. The normalized spacial score (nSPS) is 14.2. The third-order valence-electron chi connectivity index (χ3n) is 4.13. The van der Waals surface area contributed by atoms with Gasteiger partial charge in [-0.1, -0.05) is 13.0 Å². The third-order valence-corrected chi connectivity index (χ3v) is 5.13. The molecule has 1 N–H and O–H groups in total. The molecule has 0 fully saturated rings. The first-order chi connectivity index (χ1) is 12.5. The van der Waals surface area contributed by atoms with Crippen molar-refractivity contribution in [3.05, 3.63) is 34.3 Å². The molecule has 2 aromatic rings. The number of amides is 1. The van der Waals surface area contributed by atoms with E-state index in [2.05, 4.69) is 26.9 Å². The molecule has 1 aromatic heterocycles. The van der Waals surface area contributed by atoms with E-state index in [0.717, 1.165) is 36.6 Å². The Labute approximate surface area is 153 Å². The summed E-state index contributed by atoms with van der Waals surface area (Å²) in [5, 5.41) is 3.13. The molecule has 1 amide bonds. The second-order valence-corrected chi connectivity index (χ2v) is 6.76. The summed E-state index contributed by atoms with van der Waals surface area (Å²) in [5.74, 6) is -0.797. The molecule has 1 aliphatic rings. The van der Waals surface area contributed by atoms with Gasteiger partial charge in [-0.05, 0) is 18.7 Å². The number of anilines is 1. The van der Waals surface area contributed by atoms with E-state index in [0.29, 0.717) is 5.13 Å². The van der Waals surface area contributed by atoms with Gasteiger partial charge in [-0.2, -0.15) is 8.78 Å². The van der Waals surface area contributed by atoms with Gasteiger partial charge in [-0.3, -0.25) is 15.0 Å². The lowest BCUT2D eigenvalue weighted by molar-refractivity contribution is -0.0515. The maximum Gasteiger partial charge on any atom is 0.387 e. The summed E-state index contributed by atoms with van der Waals surface area (Å²) in [6, 6.07) is 4.40. The number of carbonyl (C=O) groups is 1. The highest BCUT2D eigenvalue weighted by Gasteiger charge is 2.23. The molecule has 0 saturated heterocycles. The van der Waals surface area contributed by atoms with Crippen molar-refractivity contribution in [3.63, 3.8) is 0 Å². The Morgan fingerprint density at radius 2 is 2.27 bits per heavy atom. The highest BCUT2D eigenvalue weighted by atomic mass is 32.1. The van der Waals surface area contributed by atoms with Crippen molar-refractivity contribution < 1.29 is 23.0 Å². The first-order valence-electron chi connectivity index (χ1n) is 8.16.